The van der Waals surface area contributed by atoms with Crippen LogP contribution in [0.25, 0.3) is 0 Å². The molecule has 4 aliphatic heterocycles. The summed E-state index contributed by atoms with van der Waals surface area (Å²) in [6, 6.07) is 3.94. The largest absolute Gasteiger partial charge is 0.434 e. The van der Waals surface area contributed by atoms with Crippen molar-refractivity contribution in [1.29, 1.82) is 0 Å². The molecule has 5 aliphatic rings. The molecule has 5 heterocycles. The number of rotatable bonds is 8. The van der Waals surface area contributed by atoms with Gasteiger partial charge in [-0.2, -0.15) is 0 Å². The Hall–Kier alpha value is -3.38. The number of nitrogens with zero attached hydrogens (tertiary/aromatic N) is 7. The smallest absolute Gasteiger partial charge is 0.282 e. The summed E-state index contributed by atoms with van der Waals surface area (Å²) in [5.74, 6) is 1.24. The maximum absolute atomic E-state index is 14.3. The van der Waals surface area contributed by atoms with Crippen molar-refractivity contribution >= 4 is 17.6 Å². The van der Waals surface area contributed by atoms with Crippen LogP contribution in [-0.4, -0.2) is 111 Å². The van der Waals surface area contributed by atoms with Crippen LogP contribution in [-0.2, 0) is 4.79 Å². The Balaban J connectivity index is 0.906. The molecule has 3 spiro atoms. The van der Waals surface area contributed by atoms with Crippen molar-refractivity contribution in [3.63, 3.8) is 0 Å². The van der Waals surface area contributed by atoms with Crippen LogP contribution < -0.4 is 15.0 Å². The molecule has 272 valence electrons. The van der Waals surface area contributed by atoms with Gasteiger partial charge in [0.1, 0.15) is 17.9 Å². The monoisotopic (exact) mass is 690 g/mol. The number of halogens is 1. The summed E-state index contributed by atoms with van der Waals surface area (Å²) in [7, 11) is 0. The maximum Gasteiger partial charge on any atom is 0.282 e. The zero-order valence-corrected chi connectivity index (χ0v) is 30.8. The van der Waals surface area contributed by atoms with Crippen molar-refractivity contribution in [3.05, 3.63) is 35.9 Å². The van der Waals surface area contributed by atoms with Gasteiger partial charge in [0.05, 0.1) is 11.0 Å². The molecule has 5 fully saturated rings. The fourth-order valence-corrected chi connectivity index (χ4v) is 9.38. The van der Waals surface area contributed by atoms with E-state index in [9.17, 15) is 14.0 Å². The predicted octanol–water partition coefficient (Wildman–Crippen LogP) is 5.13. The summed E-state index contributed by atoms with van der Waals surface area (Å²) >= 11 is 0. The van der Waals surface area contributed by atoms with E-state index in [0.29, 0.717) is 24.2 Å². The molecule has 2 amide bonds. The van der Waals surface area contributed by atoms with Crippen LogP contribution in [0.5, 0.6) is 11.6 Å². The number of anilines is 1. The van der Waals surface area contributed by atoms with Crippen LogP contribution in [0.2, 0.25) is 0 Å². The number of ether oxygens (including phenoxy) is 1. The number of aromatic nitrogens is 3. The summed E-state index contributed by atoms with van der Waals surface area (Å²) < 4.78 is 20.5. The van der Waals surface area contributed by atoms with Crippen molar-refractivity contribution in [3.8, 4) is 11.6 Å². The Labute approximate surface area is 296 Å². The normalized spacial score (nSPS) is 26.3. The van der Waals surface area contributed by atoms with Gasteiger partial charge in [-0.25, -0.2) is 9.37 Å². The number of hydrogen-bond acceptors (Lipinski definition) is 9. The lowest BCUT2D eigenvalue weighted by Crippen LogP contribution is -2.65. The number of amides is 2. The van der Waals surface area contributed by atoms with Gasteiger partial charge >= 0.3 is 0 Å². The van der Waals surface area contributed by atoms with Crippen molar-refractivity contribution < 1.29 is 18.7 Å². The minimum Gasteiger partial charge on any atom is -0.434 e. The maximum atomic E-state index is 14.3. The third-order valence-electron chi connectivity index (χ3n) is 12.5. The van der Waals surface area contributed by atoms with Crippen molar-refractivity contribution in [2.75, 3.05) is 57.3 Å². The van der Waals surface area contributed by atoms with Gasteiger partial charge in [-0.05, 0) is 124 Å². The first-order chi connectivity index (χ1) is 23.7. The van der Waals surface area contributed by atoms with E-state index in [2.05, 4.69) is 56.0 Å². The molecule has 2 aromatic rings. The molecule has 1 saturated carbocycles. The minimum atomic E-state index is -0.501. The number of piperidine rings is 1. The number of hydrogen-bond donors (Lipinski definition) is 1. The molecule has 7 rings (SSSR count). The van der Waals surface area contributed by atoms with E-state index in [1.807, 2.05) is 20.8 Å². The summed E-state index contributed by atoms with van der Waals surface area (Å²) in [5, 5.41) is 11.7. The highest BCUT2D eigenvalue weighted by molar-refractivity contribution is 5.97. The predicted molar refractivity (Wildman–Crippen MR) is 190 cm³/mol. The molecule has 1 N–H and O–H groups in total. The van der Waals surface area contributed by atoms with Crippen LogP contribution in [0.3, 0.4) is 0 Å². The second-order valence-electron chi connectivity index (χ2n) is 17.3. The van der Waals surface area contributed by atoms with E-state index >= 15 is 0 Å². The van der Waals surface area contributed by atoms with Gasteiger partial charge in [0.25, 0.3) is 11.8 Å². The lowest BCUT2D eigenvalue weighted by atomic mass is 9.67. The molecule has 11 nitrogen and oxygen atoms in total. The van der Waals surface area contributed by atoms with Crippen LogP contribution in [0.1, 0.15) is 96.8 Å². The van der Waals surface area contributed by atoms with Gasteiger partial charge < -0.3 is 24.8 Å². The Morgan fingerprint density at radius 2 is 1.80 bits per heavy atom. The van der Waals surface area contributed by atoms with Gasteiger partial charge in [-0.3, -0.25) is 14.5 Å². The number of carbonyl (C=O) groups excluding carboxylic acids is 2. The highest BCUT2D eigenvalue weighted by Gasteiger charge is 2.61. The first-order valence-corrected chi connectivity index (χ1v) is 18.7. The standard InChI is InChI=1S/C38H55FN8O3/c1-7-47(26(2)3)33(48)29-18-28(39)8-9-30(29)50-32-31(40-25-41-43-32)45-21-36(22-45)14-16-44(17-15-36)19-27-10-12-38(13-11-27)20-37(34(49)42-38)23-46(24-37)35(4,5)6/h8-9,18,25-27H,7,10-17,19-24H2,1-6H3,(H,42,49). The summed E-state index contributed by atoms with van der Waals surface area (Å²) in [5.41, 5.74) is 0.350. The van der Waals surface area contributed by atoms with E-state index in [1.54, 1.807) is 4.90 Å². The quantitative estimate of drug-likeness (QED) is 0.404. The van der Waals surface area contributed by atoms with E-state index in [1.165, 1.54) is 37.4 Å². The van der Waals surface area contributed by atoms with Crippen LogP contribution in [0, 0.1) is 22.6 Å². The first-order valence-electron chi connectivity index (χ1n) is 18.7. The van der Waals surface area contributed by atoms with Crippen LogP contribution in [0.4, 0.5) is 10.2 Å². The number of carbonyl (C=O) groups is 2. The fourth-order valence-electron chi connectivity index (χ4n) is 9.38. The van der Waals surface area contributed by atoms with E-state index in [-0.39, 0.29) is 51.0 Å². The van der Waals surface area contributed by atoms with Gasteiger partial charge in [0.15, 0.2) is 5.82 Å². The van der Waals surface area contributed by atoms with Crippen molar-refractivity contribution in [2.24, 2.45) is 16.7 Å². The molecule has 0 radical (unpaired) electrons. The van der Waals surface area contributed by atoms with Crippen molar-refractivity contribution in [2.45, 2.75) is 104 Å². The SMILES string of the molecule is CCN(C(=O)c1cc(F)ccc1Oc1nncnc1N1CC2(CCN(CC3CCC4(CC3)CC3(CN(C(C)(C)C)C3)C(=O)N4)CC2)C1)C(C)C. The van der Waals surface area contributed by atoms with Crippen LogP contribution in [0.15, 0.2) is 24.5 Å². The van der Waals surface area contributed by atoms with Gasteiger partial charge in [0.2, 0.25) is 5.91 Å². The molecular weight excluding hydrogens is 635 g/mol. The molecule has 50 heavy (non-hydrogen) atoms. The molecule has 4 saturated heterocycles. The molecule has 0 atom stereocenters. The Morgan fingerprint density at radius 1 is 1.10 bits per heavy atom. The fraction of sp³-hybridized carbons (Fsp3) is 0.711. The summed E-state index contributed by atoms with van der Waals surface area (Å²) in [6.07, 6.45) is 9.28. The highest BCUT2D eigenvalue weighted by Crippen LogP contribution is 2.51. The molecular formula is C38H55FN8O3. The van der Waals surface area contributed by atoms with Gasteiger partial charge in [-0.1, -0.05) is 0 Å². The lowest BCUT2D eigenvalue weighted by Gasteiger charge is -2.54. The molecule has 1 aromatic carbocycles. The van der Waals surface area contributed by atoms with E-state index in [0.717, 1.165) is 77.9 Å². The zero-order chi connectivity index (χ0) is 35.5. The second-order valence-corrected chi connectivity index (χ2v) is 17.3. The van der Waals surface area contributed by atoms with Crippen molar-refractivity contribution in [1.82, 2.24) is 35.2 Å². The molecule has 0 bridgehead atoms. The number of likely N-dealkylation sites (tertiary alicyclic amines) is 2. The number of benzene rings is 1. The second kappa shape index (κ2) is 13.0. The van der Waals surface area contributed by atoms with Gasteiger partial charge in [-0.15, -0.1) is 10.2 Å². The summed E-state index contributed by atoms with van der Waals surface area (Å²) in [4.78, 5) is 40.0. The zero-order valence-electron chi connectivity index (χ0n) is 30.8. The third kappa shape index (κ3) is 6.58. The lowest BCUT2D eigenvalue weighted by molar-refractivity contribution is -0.141. The van der Waals surface area contributed by atoms with E-state index < -0.39 is 5.82 Å². The molecule has 12 heteroatoms. The highest BCUT2D eigenvalue weighted by atomic mass is 19.1. The Kier molecular flexibility index (Phi) is 9.10. The van der Waals surface area contributed by atoms with E-state index in [4.69, 9.17) is 4.74 Å². The Bertz CT molecular complexity index is 1580. The summed E-state index contributed by atoms with van der Waals surface area (Å²) in [6.45, 7) is 19.8. The van der Waals surface area contributed by atoms with Crippen LogP contribution >= 0.6 is 0 Å². The molecule has 0 unspecified atom stereocenters. The average molecular weight is 691 g/mol. The minimum absolute atomic E-state index is 0.00899. The topological polar surface area (TPSA) is 107 Å². The number of nitrogens with one attached hydrogen (secondary N) is 1. The molecule has 1 aromatic heterocycles. The Morgan fingerprint density at radius 3 is 2.44 bits per heavy atom. The molecule has 1 aliphatic carbocycles. The van der Waals surface area contributed by atoms with Gasteiger partial charge in [0, 0.05) is 61.8 Å². The first kappa shape index (κ1) is 35.0. The average Bonchev–Trinajstić information content (AvgIpc) is 3.33. The third-order valence-corrected chi connectivity index (χ3v) is 12.5.